The van der Waals surface area contributed by atoms with Crippen molar-refractivity contribution in [1.82, 2.24) is 9.97 Å². The van der Waals surface area contributed by atoms with Crippen LogP contribution in [-0.2, 0) is 0 Å². The number of carbonyl (C=O) groups is 1. The summed E-state index contributed by atoms with van der Waals surface area (Å²) < 4.78 is 0.936. The average Bonchev–Trinajstić information content (AvgIpc) is 2.89. The molecule has 3 rings (SSSR count). The van der Waals surface area contributed by atoms with E-state index < -0.39 is 0 Å². The molecule has 6 heteroatoms. The third-order valence-electron chi connectivity index (χ3n) is 2.60. The van der Waals surface area contributed by atoms with Gasteiger partial charge in [0.15, 0.2) is 0 Å². The largest absolute Gasteiger partial charge is 0.306 e. The molecule has 0 saturated carbocycles. The Hall–Kier alpha value is -1.79. The van der Waals surface area contributed by atoms with Crippen LogP contribution in [0.2, 0.25) is 0 Å². The number of amides is 1. The van der Waals surface area contributed by atoms with Gasteiger partial charge < -0.3 is 5.32 Å². The van der Waals surface area contributed by atoms with Gasteiger partial charge in [0.2, 0.25) is 0 Å². The number of hydrogen-bond acceptors (Lipinski definition) is 4. The van der Waals surface area contributed by atoms with E-state index in [9.17, 15) is 4.79 Å². The Bertz CT molecular complexity index is 739. The van der Waals surface area contributed by atoms with Crippen LogP contribution in [-0.4, -0.2) is 15.9 Å². The lowest BCUT2D eigenvalue weighted by Gasteiger charge is -2.05. The lowest BCUT2D eigenvalue weighted by molar-refractivity contribution is 0.102. The maximum Gasteiger partial charge on any atom is 0.256 e. The van der Waals surface area contributed by atoms with Crippen LogP contribution in [0.5, 0.6) is 0 Å². The van der Waals surface area contributed by atoms with E-state index in [1.807, 2.05) is 23.6 Å². The highest BCUT2D eigenvalue weighted by molar-refractivity contribution is 9.10. The predicted molar refractivity (Wildman–Crippen MR) is 79.5 cm³/mol. The fraction of sp³-hybridized carbons (Fsp3) is 0. The molecule has 1 amide bonds. The maximum absolute atomic E-state index is 12.1. The standard InChI is InChI=1S/C13H8BrN3OS/c14-9-3-1-8(2-4-9)12(18)17-11-10-5-6-19-13(10)16-7-15-11/h1-7H,(H,15,16,17,18). The molecule has 1 N–H and O–H groups in total. The normalized spacial score (nSPS) is 10.6. The quantitative estimate of drug-likeness (QED) is 0.777. The Morgan fingerprint density at radius 3 is 2.74 bits per heavy atom. The lowest BCUT2D eigenvalue weighted by Crippen LogP contribution is -2.13. The molecule has 0 aliphatic heterocycles. The zero-order chi connectivity index (χ0) is 13.2. The van der Waals surface area contributed by atoms with Crippen molar-refractivity contribution in [2.75, 3.05) is 5.32 Å². The Balaban J connectivity index is 1.90. The Labute approximate surface area is 121 Å². The van der Waals surface area contributed by atoms with Gasteiger partial charge in [-0.05, 0) is 35.7 Å². The highest BCUT2D eigenvalue weighted by Gasteiger charge is 2.10. The summed E-state index contributed by atoms with van der Waals surface area (Å²) in [5, 5.41) is 5.59. The zero-order valence-corrected chi connectivity index (χ0v) is 12.0. The molecule has 94 valence electrons. The number of nitrogens with one attached hydrogen (secondary N) is 1. The molecule has 0 spiro atoms. The fourth-order valence-corrected chi connectivity index (χ4v) is 2.67. The van der Waals surface area contributed by atoms with Gasteiger partial charge in [0, 0.05) is 10.0 Å². The monoisotopic (exact) mass is 333 g/mol. The second-order valence-corrected chi connectivity index (χ2v) is 5.63. The topological polar surface area (TPSA) is 54.9 Å². The molecule has 19 heavy (non-hydrogen) atoms. The molecule has 0 bridgehead atoms. The first kappa shape index (κ1) is 12.3. The van der Waals surface area contributed by atoms with Crippen molar-refractivity contribution in [3.8, 4) is 0 Å². The minimum atomic E-state index is -0.182. The van der Waals surface area contributed by atoms with Crippen molar-refractivity contribution in [2.24, 2.45) is 0 Å². The SMILES string of the molecule is O=C(Nc1ncnc2sccc12)c1ccc(Br)cc1. The molecule has 3 aromatic rings. The molecule has 0 radical (unpaired) electrons. The first-order valence-electron chi connectivity index (χ1n) is 5.49. The van der Waals surface area contributed by atoms with Gasteiger partial charge in [-0.2, -0.15) is 0 Å². The number of hydrogen-bond donors (Lipinski definition) is 1. The molecule has 4 nitrogen and oxygen atoms in total. The van der Waals surface area contributed by atoms with Crippen LogP contribution in [0.1, 0.15) is 10.4 Å². The molecule has 2 aromatic heterocycles. The average molecular weight is 334 g/mol. The van der Waals surface area contributed by atoms with E-state index in [2.05, 4.69) is 31.2 Å². The van der Waals surface area contributed by atoms with Gasteiger partial charge in [0.1, 0.15) is 17.0 Å². The molecule has 0 saturated heterocycles. The Morgan fingerprint density at radius 2 is 1.95 bits per heavy atom. The van der Waals surface area contributed by atoms with Crippen molar-refractivity contribution in [3.05, 3.63) is 52.1 Å². The zero-order valence-electron chi connectivity index (χ0n) is 9.63. The van der Waals surface area contributed by atoms with Gasteiger partial charge in [-0.25, -0.2) is 9.97 Å². The summed E-state index contributed by atoms with van der Waals surface area (Å²) in [6.07, 6.45) is 1.45. The third-order valence-corrected chi connectivity index (χ3v) is 3.95. The van der Waals surface area contributed by atoms with Crippen LogP contribution in [0, 0.1) is 0 Å². The van der Waals surface area contributed by atoms with E-state index in [4.69, 9.17) is 0 Å². The number of carbonyl (C=O) groups excluding carboxylic acids is 1. The number of fused-ring (bicyclic) bond motifs is 1. The van der Waals surface area contributed by atoms with Crippen molar-refractivity contribution in [3.63, 3.8) is 0 Å². The summed E-state index contributed by atoms with van der Waals surface area (Å²) in [6.45, 7) is 0. The number of aromatic nitrogens is 2. The summed E-state index contributed by atoms with van der Waals surface area (Å²) in [7, 11) is 0. The van der Waals surface area contributed by atoms with Crippen LogP contribution in [0.4, 0.5) is 5.82 Å². The Morgan fingerprint density at radius 1 is 1.16 bits per heavy atom. The van der Waals surface area contributed by atoms with Crippen molar-refractivity contribution >= 4 is 49.2 Å². The van der Waals surface area contributed by atoms with Crippen LogP contribution < -0.4 is 5.32 Å². The number of rotatable bonds is 2. The summed E-state index contributed by atoms with van der Waals surface area (Å²) in [5.41, 5.74) is 0.588. The summed E-state index contributed by atoms with van der Waals surface area (Å²) in [4.78, 5) is 21.2. The van der Waals surface area contributed by atoms with Gasteiger partial charge in [0.05, 0.1) is 5.39 Å². The van der Waals surface area contributed by atoms with Gasteiger partial charge in [0.25, 0.3) is 5.91 Å². The summed E-state index contributed by atoms with van der Waals surface area (Å²) in [6, 6.07) is 9.07. The van der Waals surface area contributed by atoms with Crippen molar-refractivity contribution < 1.29 is 4.79 Å². The molecule has 1 aromatic carbocycles. The molecule has 0 fully saturated rings. The molecular formula is C13H8BrN3OS. The van der Waals surface area contributed by atoms with Crippen molar-refractivity contribution in [2.45, 2.75) is 0 Å². The van der Waals surface area contributed by atoms with Crippen LogP contribution in [0.15, 0.2) is 46.5 Å². The third kappa shape index (κ3) is 2.50. The van der Waals surface area contributed by atoms with Crippen LogP contribution in [0.25, 0.3) is 10.2 Å². The second kappa shape index (κ2) is 5.07. The number of thiophene rings is 1. The molecule has 0 aliphatic rings. The van der Waals surface area contributed by atoms with E-state index in [1.165, 1.54) is 17.7 Å². The summed E-state index contributed by atoms with van der Waals surface area (Å²) >= 11 is 4.86. The first-order chi connectivity index (χ1) is 9.24. The Kier molecular flexibility index (Phi) is 3.27. The molecule has 2 heterocycles. The minimum Gasteiger partial charge on any atom is -0.306 e. The van der Waals surface area contributed by atoms with Gasteiger partial charge in [-0.3, -0.25) is 4.79 Å². The van der Waals surface area contributed by atoms with E-state index in [1.54, 1.807) is 12.1 Å². The van der Waals surface area contributed by atoms with Crippen LogP contribution >= 0.6 is 27.3 Å². The number of halogens is 1. The van der Waals surface area contributed by atoms with Gasteiger partial charge in [-0.15, -0.1) is 11.3 Å². The first-order valence-corrected chi connectivity index (χ1v) is 7.16. The highest BCUT2D eigenvalue weighted by atomic mass is 79.9. The molecule has 0 atom stereocenters. The maximum atomic E-state index is 12.1. The molecular weight excluding hydrogens is 326 g/mol. The molecule has 0 unspecified atom stereocenters. The number of benzene rings is 1. The second-order valence-electron chi connectivity index (χ2n) is 3.82. The summed E-state index contributed by atoms with van der Waals surface area (Å²) in [5.74, 6) is 0.359. The van der Waals surface area contributed by atoms with Gasteiger partial charge in [-0.1, -0.05) is 15.9 Å². The van der Waals surface area contributed by atoms with Crippen molar-refractivity contribution in [1.29, 1.82) is 0 Å². The van der Waals surface area contributed by atoms with Gasteiger partial charge >= 0.3 is 0 Å². The lowest BCUT2D eigenvalue weighted by atomic mass is 10.2. The fourth-order valence-electron chi connectivity index (χ4n) is 1.67. The number of nitrogens with zero attached hydrogens (tertiary/aromatic N) is 2. The molecule has 0 aliphatic carbocycles. The highest BCUT2D eigenvalue weighted by Crippen LogP contribution is 2.24. The minimum absolute atomic E-state index is 0.182. The predicted octanol–water partition coefficient (Wildman–Crippen LogP) is 3.71. The van der Waals surface area contributed by atoms with E-state index in [-0.39, 0.29) is 5.91 Å². The van der Waals surface area contributed by atoms with E-state index in [0.717, 1.165) is 14.7 Å². The number of anilines is 1. The van der Waals surface area contributed by atoms with Crippen LogP contribution in [0.3, 0.4) is 0 Å². The smallest absolute Gasteiger partial charge is 0.256 e. The van der Waals surface area contributed by atoms with E-state index in [0.29, 0.717) is 11.4 Å². The van der Waals surface area contributed by atoms with E-state index >= 15 is 0 Å².